The van der Waals surface area contributed by atoms with Crippen LogP contribution in [0.5, 0.6) is 5.75 Å². The second-order valence-corrected chi connectivity index (χ2v) is 2.98. The van der Waals surface area contributed by atoms with Crippen molar-refractivity contribution in [3.8, 4) is 5.75 Å². The van der Waals surface area contributed by atoms with Crippen LogP contribution in [0.25, 0.3) is 0 Å². The van der Waals surface area contributed by atoms with E-state index in [9.17, 15) is 4.79 Å². The summed E-state index contributed by atoms with van der Waals surface area (Å²) in [6.07, 6.45) is 1.68. The maximum absolute atomic E-state index is 10.3. The Balaban J connectivity index is 0.000000791. The van der Waals surface area contributed by atoms with Crippen LogP contribution in [0.3, 0.4) is 0 Å². The molecule has 78 valence electrons. The van der Waals surface area contributed by atoms with Crippen molar-refractivity contribution in [2.75, 3.05) is 0 Å². The van der Waals surface area contributed by atoms with Crippen LogP contribution in [0.15, 0.2) is 24.3 Å². The smallest absolute Gasteiger partial charge is 0.123 e. The predicted octanol–water partition coefficient (Wildman–Crippen LogP) is 2.80. The minimum absolute atomic E-state index is 0.0505. The zero-order valence-corrected chi connectivity index (χ0v) is 9.03. The van der Waals surface area contributed by atoms with E-state index in [1.54, 1.807) is 12.1 Å². The Kier molecular flexibility index (Phi) is 6.46. The van der Waals surface area contributed by atoms with Gasteiger partial charge in [-0.3, -0.25) is 0 Å². The third-order valence-corrected chi connectivity index (χ3v) is 1.73. The molecule has 1 rings (SSSR count). The van der Waals surface area contributed by atoms with Gasteiger partial charge in [-0.1, -0.05) is 32.9 Å². The van der Waals surface area contributed by atoms with Crippen LogP contribution in [0, 0.1) is 5.92 Å². The molecule has 0 aliphatic rings. The maximum atomic E-state index is 10.3. The van der Waals surface area contributed by atoms with Crippen LogP contribution in [-0.4, -0.2) is 11.4 Å². The minimum atomic E-state index is 0.0505. The number of hydrogen-bond donors (Lipinski definition) is 1. The van der Waals surface area contributed by atoms with Gasteiger partial charge in [0.15, 0.2) is 0 Å². The molecule has 0 fully saturated rings. The van der Waals surface area contributed by atoms with E-state index in [0.29, 0.717) is 0 Å². The number of aldehydes is 1. The van der Waals surface area contributed by atoms with E-state index in [0.717, 1.165) is 18.3 Å². The second kappa shape index (κ2) is 7.13. The summed E-state index contributed by atoms with van der Waals surface area (Å²) >= 11 is 0. The Morgan fingerprint density at radius 1 is 1.29 bits per heavy atom. The largest absolute Gasteiger partial charge is 0.508 e. The fourth-order valence-corrected chi connectivity index (χ4v) is 1.05. The Bertz CT molecular complexity index is 252. The van der Waals surface area contributed by atoms with Crippen molar-refractivity contribution in [3.05, 3.63) is 29.8 Å². The van der Waals surface area contributed by atoms with Crippen LogP contribution in [-0.2, 0) is 11.2 Å². The van der Waals surface area contributed by atoms with Gasteiger partial charge in [-0.05, 0) is 24.1 Å². The molecule has 0 aromatic heterocycles. The van der Waals surface area contributed by atoms with E-state index in [1.165, 1.54) is 0 Å². The standard InChI is InChI=1S/C10H12O2.C2H6/c1-8(7-11)6-9-2-4-10(12)5-3-9;1-2/h2-5,7-8,12H,6H2,1H3;1-2H3. The molecule has 0 bridgehead atoms. The molecule has 1 N–H and O–H groups in total. The molecule has 0 spiro atoms. The lowest BCUT2D eigenvalue weighted by Crippen LogP contribution is -1.99. The van der Waals surface area contributed by atoms with Gasteiger partial charge in [0, 0.05) is 5.92 Å². The normalized spacial score (nSPS) is 11.1. The Morgan fingerprint density at radius 3 is 2.21 bits per heavy atom. The lowest BCUT2D eigenvalue weighted by Gasteiger charge is -2.02. The predicted molar refractivity (Wildman–Crippen MR) is 58.4 cm³/mol. The van der Waals surface area contributed by atoms with Crippen LogP contribution in [0.1, 0.15) is 26.3 Å². The van der Waals surface area contributed by atoms with Crippen molar-refractivity contribution in [3.63, 3.8) is 0 Å². The summed E-state index contributed by atoms with van der Waals surface area (Å²) in [4.78, 5) is 10.3. The molecular weight excluding hydrogens is 176 g/mol. The molecule has 2 nitrogen and oxygen atoms in total. The van der Waals surface area contributed by atoms with Crippen molar-refractivity contribution >= 4 is 6.29 Å². The quantitative estimate of drug-likeness (QED) is 0.751. The SMILES string of the molecule is CC.CC(C=O)Cc1ccc(O)cc1. The van der Waals surface area contributed by atoms with E-state index in [1.807, 2.05) is 32.9 Å². The molecule has 1 unspecified atom stereocenters. The number of phenolic OH excluding ortho intramolecular Hbond substituents is 1. The summed E-state index contributed by atoms with van der Waals surface area (Å²) in [7, 11) is 0. The molecule has 0 aliphatic heterocycles. The number of phenols is 1. The van der Waals surface area contributed by atoms with E-state index >= 15 is 0 Å². The molecule has 0 amide bonds. The highest BCUT2D eigenvalue weighted by Crippen LogP contribution is 2.12. The monoisotopic (exact) mass is 194 g/mol. The average Bonchev–Trinajstić information content (AvgIpc) is 2.24. The van der Waals surface area contributed by atoms with Gasteiger partial charge in [-0.25, -0.2) is 0 Å². The Hall–Kier alpha value is -1.31. The molecule has 1 aromatic carbocycles. The molecule has 0 radical (unpaired) electrons. The number of benzene rings is 1. The first-order valence-electron chi connectivity index (χ1n) is 4.95. The number of aromatic hydroxyl groups is 1. The van der Waals surface area contributed by atoms with E-state index in [-0.39, 0.29) is 11.7 Å². The Labute approximate surface area is 85.6 Å². The molecular formula is C12H18O2. The summed E-state index contributed by atoms with van der Waals surface area (Å²) in [5.41, 5.74) is 1.08. The van der Waals surface area contributed by atoms with E-state index < -0.39 is 0 Å². The number of carbonyl (C=O) groups is 1. The van der Waals surface area contributed by atoms with Gasteiger partial charge in [0.2, 0.25) is 0 Å². The highest BCUT2D eigenvalue weighted by atomic mass is 16.3. The van der Waals surface area contributed by atoms with Crippen LogP contribution < -0.4 is 0 Å². The Morgan fingerprint density at radius 2 is 1.79 bits per heavy atom. The average molecular weight is 194 g/mol. The van der Waals surface area contributed by atoms with Crippen LogP contribution in [0.2, 0.25) is 0 Å². The third kappa shape index (κ3) is 4.65. The van der Waals surface area contributed by atoms with Gasteiger partial charge < -0.3 is 9.90 Å². The first-order chi connectivity index (χ1) is 6.72. The maximum Gasteiger partial charge on any atom is 0.123 e. The van der Waals surface area contributed by atoms with Crippen molar-refractivity contribution in [2.45, 2.75) is 27.2 Å². The molecule has 1 aromatic rings. The zero-order valence-electron chi connectivity index (χ0n) is 9.03. The fraction of sp³-hybridized carbons (Fsp3) is 0.417. The van der Waals surface area contributed by atoms with Gasteiger partial charge in [0.05, 0.1) is 0 Å². The molecule has 1 atom stereocenters. The third-order valence-electron chi connectivity index (χ3n) is 1.73. The van der Waals surface area contributed by atoms with Gasteiger partial charge >= 0.3 is 0 Å². The molecule has 2 heteroatoms. The van der Waals surface area contributed by atoms with Gasteiger partial charge in [0.1, 0.15) is 12.0 Å². The number of rotatable bonds is 3. The molecule has 0 aliphatic carbocycles. The second-order valence-electron chi connectivity index (χ2n) is 2.98. The summed E-state index contributed by atoms with van der Waals surface area (Å²) in [6, 6.07) is 6.92. The highest BCUT2D eigenvalue weighted by Gasteiger charge is 2.00. The van der Waals surface area contributed by atoms with Gasteiger partial charge in [-0.15, -0.1) is 0 Å². The van der Waals surface area contributed by atoms with Crippen LogP contribution in [0.4, 0.5) is 0 Å². The molecule has 0 saturated heterocycles. The van der Waals surface area contributed by atoms with Crippen molar-refractivity contribution in [1.82, 2.24) is 0 Å². The molecule has 0 heterocycles. The zero-order chi connectivity index (χ0) is 11.0. The minimum Gasteiger partial charge on any atom is -0.508 e. The lowest BCUT2D eigenvalue weighted by atomic mass is 10.0. The number of hydrogen-bond acceptors (Lipinski definition) is 2. The summed E-state index contributed by atoms with van der Waals surface area (Å²) < 4.78 is 0. The first kappa shape index (κ1) is 12.7. The fourth-order valence-electron chi connectivity index (χ4n) is 1.05. The van der Waals surface area contributed by atoms with Gasteiger partial charge in [-0.2, -0.15) is 0 Å². The van der Waals surface area contributed by atoms with Crippen molar-refractivity contribution < 1.29 is 9.90 Å². The summed E-state index contributed by atoms with van der Waals surface area (Å²) in [6.45, 7) is 5.87. The molecule has 0 saturated carbocycles. The number of carbonyl (C=O) groups excluding carboxylic acids is 1. The molecule has 14 heavy (non-hydrogen) atoms. The summed E-state index contributed by atoms with van der Waals surface area (Å²) in [5, 5.41) is 8.98. The van der Waals surface area contributed by atoms with E-state index in [2.05, 4.69) is 0 Å². The summed E-state index contributed by atoms with van der Waals surface area (Å²) in [5.74, 6) is 0.312. The van der Waals surface area contributed by atoms with Crippen molar-refractivity contribution in [1.29, 1.82) is 0 Å². The van der Waals surface area contributed by atoms with Gasteiger partial charge in [0.25, 0.3) is 0 Å². The lowest BCUT2D eigenvalue weighted by molar-refractivity contribution is -0.110. The topological polar surface area (TPSA) is 37.3 Å². The highest BCUT2D eigenvalue weighted by molar-refractivity contribution is 5.53. The van der Waals surface area contributed by atoms with Crippen molar-refractivity contribution in [2.24, 2.45) is 5.92 Å². The van der Waals surface area contributed by atoms with Crippen LogP contribution >= 0.6 is 0 Å². The first-order valence-corrected chi connectivity index (χ1v) is 4.95. The van der Waals surface area contributed by atoms with E-state index in [4.69, 9.17) is 5.11 Å².